The van der Waals surface area contributed by atoms with Crippen molar-refractivity contribution in [2.45, 2.75) is 75.5 Å². The van der Waals surface area contributed by atoms with Gasteiger partial charge in [-0.25, -0.2) is 8.78 Å². The molecule has 14 heteroatoms. The minimum Gasteiger partial charge on any atom is -0.324 e. The van der Waals surface area contributed by atoms with Crippen LogP contribution in [0.5, 0.6) is 0 Å². The Balaban J connectivity index is 0.000000187. The maximum atomic E-state index is 13.4. The Morgan fingerprint density at radius 3 is 1.52 bits per heavy atom. The first-order chi connectivity index (χ1) is 24.9. The van der Waals surface area contributed by atoms with Crippen LogP contribution >= 0.6 is 34.8 Å². The number of nitrogens with zero attached hydrogens (tertiary/aromatic N) is 4. The van der Waals surface area contributed by atoms with Gasteiger partial charge in [-0.05, 0) is 99.4 Å². The Bertz CT molecular complexity index is 1930. The smallest absolute Gasteiger partial charge is 0.275 e. The van der Waals surface area contributed by atoms with Crippen LogP contribution in [0.4, 0.5) is 14.5 Å². The molecule has 0 radical (unpaired) electrons. The van der Waals surface area contributed by atoms with E-state index in [4.69, 9.17) is 44.8 Å². The van der Waals surface area contributed by atoms with Crippen LogP contribution in [0, 0.1) is 11.6 Å². The predicted octanol–water partition coefficient (Wildman–Crippen LogP) is 7.95. The topological polar surface area (TPSA) is 112 Å². The highest BCUT2D eigenvalue weighted by Gasteiger charge is 2.49. The minimum atomic E-state index is -1.05. The molecule has 0 saturated heterocycles. The van der Waals surface area contributed by atoms with E-state index in [1.807, 2.05) is 0 Å². The molecule has 0 unspecified atom stereocenters. The lowest BCUT2D eigenvalue weighted by Crippen LogP contribution is -2.51. The fourth-order valence-electron chi connectivity index (χ4n) is 7.34. The lowest BCUT2D eigenvalue weighted by Gasteiger charge is -2.38. The molecule has 1 N–H and O–H groups in total. The van der Waals surface area contributed by atoms with E-state index >= 15 is 0 Å². The van der Waals surface area contributed by atoms with Crippen LogP contribution in [0.2, 0.25) is 10.0 Å². The Kier molecular flexibility index (Phi) is 11.4. The molecule has 272 valence electrons. The van der Waals surface area contributed by atoms with Crippen LogP contribution in [-0.2, 0) is 19.2 Å². The van der Waals surface area contributed by atoms with Crippen molar-refractivity contribution in [3.05, 3.63) is 99.5 Å². The summed E-state index contributed by atoms with van der Waals surface area (Å²) < 4.78 is 26.5. The number of hydrogen-bond donors (Lipinski definition) is 1. The van der Waals surface area contributed by atoms with Crippen molar-refractivity contribution >= 4 is 74.9 Å². The van der Waals surface area contributed by atoms with E-state index in [2.05, 4.69) is 5.32 Å². The maximum absolute atomic E-state index is 13.4. The van der Waals surface area contributed by atoms with Crippen LogP contribution in [0.15, 0.2) is 76.7 Å². The van der Waals surface area contributed by atoms with Gasteiger partial charge in [0.2, 0.25) is 11.1 Å². The van der Waals surface area contributed by atoms with Crippen molar-refractivity contribution in [3.8, 4) is 0 Å². The summed E-state index contributed by atoms with van der Waals surface area (Å²) in [5, 5.41) is 3.16. The molecule has 2 fully saturated rings. The van der Waals surface area contributed by atoms with Crippen LogP contribution in [0.1, 0.15) is 75.3 Å². The highest BCUT2D eigenvalue weighted by Crippen LogP contribution is 2.41. The zero-order valence-electron chi connectivity index (χ0n) is 28.1. The average molecular weight is 771 g/mol. The number of anilines is 1. The molecule has 9 nitrogen and oxygen atoms in total. The average Bonchev–Trinajstić information content (AvgIpc) is 3.53. The Morgan fingerprint density at radius 1 is 0.654 bits per heavy atom. The molecule has 0 bridgehead atoms. The number of nitrogens with one attached hydrogen (secondary N) is 1. The molecule has 2 heterocycles. The van der Waals surface area contributed by atoms with Gasteiger partial charge in [0.1, 0.15) is 29.3 Å². The second-order valence-corrected chi connectivity index (χ2v) is 14.6. The third-order valence-electron chi connectivity index (χ3n) is 9.87. The first kappa shape index (κ1) is 37.6. The zero-order valence-corrected chi connectivity index (χ0v) is 30.4. The third-order valence-corrected chi connectivity index (χ3v) is 10.5. The van der Waals surface area contributed by atoms with E-state index in [-0.39, 0.29) is 30.6 Å². The van der Waals surface area contributed by atoms with E-state index in [0.29, 0.717) is 39.9 Å². The molecular weight excluding hydrogens is 735 g/mol. The zero-order chi connectivity index (χ0) is 37.0. The minimum absolute atomic E-state index is 0.0963. The molecule has 52 heavy (non-hydrogen) atoms. The Hall–Kier alpha value is -4.19. The number of carbonyl (C=O) groups is 4. The quantitative estimate of drug-likeness (QED) is 0.246. The van der Waals surface area contributed by atoms with Crippen molar-refractivity contribution < 1.29 is 28.0 Å². The van der Waals surface area contributed by atoms with Gasteiger partial charge in [-0.1, -0.05) is 60.3 Å². The second kappa shape index (κ2) is 15.8. The van der Waals surface area contributed by atoms with Crippen LogP contribution in [0.3, 0.4) is 0 Å². The summed E-state index contributed by atoms with van der Waals surface area (Å²) in [6.45, 7) is -0.320. The number of rotatable bonds is 7. The third kappa shape index (κ3) is 8.06. The van der Waals surface area contributed by atoms with Gasteiger partial charge >= 0.3 is 0 Å². The normalized spacial score (nSPS) is 18.9. The highest BCUT2D eigenvalue weighted by molar-refractivity contribution is 6.64. The lowest BCUT2D eigenvalue weighted by atomic mass is 9.88. The van der Waals surface area contributed by atoms with Crippen LogP contribution in [-0.4, -0.2) is 68.6 Å². The van der Waals surface area contributed by atoms with Gasteiger partial charge in [-0.15, -0.1) is 0 Å². The molecule has 2 aliphatic carbocycles. The number of carbonyl (C=O) groups excluding carboxylic acids is 4. The molecule has 0 atom stereocenters. The van der Waals surface area contributed by atoms with E-state index < -0.39 is 34.1 Å². The van der Waals surface area contributed by atoms with Gasteiger partial charge in [0, 0.05) is 32.9 Å². The predicted molar refractivity (Wildman–Crippen MR) is 197 cm³/mol. The summed E-state index contributed by atoms with van der Waals surface area (Å²) in [5.74, 6) is -3.09. The SMILES string of the molecule is O=C(CN1C(=O)C(c2ccc(Cl)cc2)=NC12CCCCC2)Nc1ccc(F)c(F)c1.O=C(Cl)CN1C(=O)C(c2ccc(Cl)cc2)=NC12CCCCC2. The maximum Gasteiger partial charge on any atom is 0.275 e. The number of halogens is 5. The molecule has 3 aromatic rings. The van der Waals surface area contributed by atoms with E-state index in [0.717, 1.165) is 69.1 Å². The standard InChI is InChI=1S/C22H20ClF2N3O2.C16H16Cl2N2O2/c23-15-6-4-14(5-7-15)20-21(30)28(22(27-20)10-2-1-3-11-22)13-19(29)26-16-8-9-17(24)18(25)12-16;17-12-6-4-11(5-7-12)14-15(22)20(10-13(18)21)16(19-14)8-2-1-3-9-16/h4-9,12H,1-3,10-11,13H2,(H,26,29);4-7H,1-3,8-10H2. The molecule has 3 aromatic carbocycles. The molecule has 2 aliphatic heterocycles. The van der Waals surface area contributed by atoms with Crippen molar-refractivity contribution in [2.75, 3.05) is 18.4 Å². The molecule has 0 aromatic heterocycles. The van der Waals surface area contributed by atoms with E-state index in [9.17, 15) is 28.0 Å². The summed E-state index contributed by atoms with van der Waals surface area (Å²) >= 11 is 17.4. The Labute approximate surface area is 315 Å². The number of hydrogen-bond acceptors (Lipinski definition) is 6. The molecule has 4 aliphatic rings. The van der Waals surface area contributed by atoms with Gasteiger partial charge in [0.25, 0.3) is 11.8 Å². The van der Waals surface area contributed by atoms with E-state index in [1.54, 1.807) is 53.4 Å². The Morgan fingerprint density at radius 2 is 1.10 bits per heavy atom. The summed E-state index contributed by atoms with van der Waals surface area (Å²) in [6, 6.07) is 17.0. The fraction of sp³-hybridized carbons (Fsp3) is 0.368. The summed E-state index contributed by atoms with van der Waals surface area (Å²) in [5.41, 5.74) is 0.861. The summed E-state index contributed by atoms with van der Waals surface area (Å²) in [6.07, 6.45) is 8.90. The van der Waals surface area contributed by atoms with Gasteiger partial charge in [0.05, 0.1) is 6.54 Å². The largest absolute Gasteiger partial charge is 0.324 e. The van der Waals surface area contributed by atoms with Crippen LogP contribution in [0.25, 0.3) is 0 Å². The first-order valence-electron chi connectivity index (χ1n) is 17.2. The van der Waals surface area contributed by atoms with Gasteiger partial charge in [0.15, 0.2) is 11.6 Å². The van der Waals surface area contributed by atoms with Gasteiger partial charge in [-0.3, -0.25) is 29.2 Å². The monoisotopic (exact) mass is 769 g/mol. The number of benzene rings is 3. The van der Waals surface area contributed by atoms with Crippen molar-refractivity contribution in [2.24, 2.45) is 9.98 Å². The fourth-order valence-corrected chi connectivity index (χ4v) is 7.71. The van der Waals surface area contributed by atoms with Crippen molar-refractivity contribution in [3.63, 3.8) is 0 Å². The molecule has 2 saturated carbocycles. The highest BCUT2D eigenvalue weighted by atomic mass is 35.5. The molecular formula is C38H36Cl3F2N5O4. The second-order valence-electron chi connectivity index (χ2n) is 13.3. The molecule has 3 amide bonds. The summed E-state index contributed by atoms with van der Waals surface area (Å²) in [4.78, 5) is 62.5. The summed E-state index contributed by atoms with van der Waals surface area (Å²) in [7, 11) is 0. The van der Waals surface area contributed by atoms with Crippen LogP contribution < -0.4 is 5.32 Å². The van der Waals surface area contributed by atoms with Gasteiger partial charge < -0.3 is 15.1 Å². The number of aliphatic imine (C=N–C) groups is 2. The molecule has 7 rings (SSSR count). The molecule has 2 spiro atoms. The number of amides is 3. The first-order valence-corrected chi connectivity index (χ1v) is 18.3. The van der Waals surface area contributed by atoms with E-state index in [1.165, 1.54) is 11.0 Å². The van der Waals surface area contributed by atoms with Gasteiger partial charge in [-0.2, -0.15) is 0 Å². The van der Waals surface area contributed by atoms with Crippen molar-refractivity contribution in [1.29, 1.82) is 0 Å². The van der Waals surface area contributed by atoms with Crippen molar-refractivity contribution in [1.82, 2.24) is 9.80 Å². The lowest BCUT2D eigenvalue weighted by molar-refractivity contribution is -0.134.